The van der Waals surface area contributed by atoms with Gasteiger partial charge in [-0.15, -0.1) is 11.3 Å². The van der Waals surface area contributed by atoms with Crippen molar-refractivity contribution in [2.75, 3.05) is 38.6 Å². The minimum atomic E-state index is 0.553. The summed E-state index contributed by atoms with van der Waals surface area (Å²) in [5.41, 5.74) is 1.29. The van der Waals surface area contributed by atoms with Crippen molar-refractivity contribution in [3.63, 3.8) is 0 Å². The topological polar surface area (TPSA) is 35.8 Å². The van der Waals surface area contributed by atoms with Crippen LogP contribution in [-0.4, -0.2) is 54.1 Å². The molecule has 5 nitrogen and oxygen atoms in total. The van der Waals surface area contributed by atoms with Gasteiger partial charge < -0.3 is 15.1 Å². The number of anilines is 1. The van der Waals surface area contributed by atoms with E-state index >= 15 is 0 Å². The van der Waals surface area contributed by atoms with E-state index in [4.69, 9.17) is 4.98 Å². The molecule has 0 aromatic carbocycles. The van der Waals surface area contributed by atoms with Crippen molar-refractivity contribution in [1.29, 1.82) is 0 Å². The van der Waals surface area contributed by atoms with E-state index in [1.54, 1.807) is 11.3 Å². The van der Waals surface area contributed by atoms with Crippen molar-refractivity contribution in [2.45, 2.75) is 32.4 Å². The van der Waals surface area contributed by atoms with E-state index in [1.807, 2.05) is 7.05 Å². The summed E-state index contributed by atoms with van der Waals surface area (Å²) >= 11 is 1.71. The van der Waals surface area contributed by atoms with Gasteiger partial charge in [-0.05, 0) is 33.5 Å². The summed E-state index contributed by atoms with van der Waals surface area (Å²) in [6, 6.07) is 0.553. The van der Waals surface area contributed by atoms with E-state index in [0.29, 0.717) is 6.04 Å². The minimum absolute atomic E-state index is 0.553. The molecule has 3 rings (SSSR count). The molecule has 1 unspecified atom stereocenters. The van der Waals surface area contributed by atoms with Gasteiger partial charge >= 0.3 is 0 Å². The number of aromatic nitrogens is 2. The number of thiazole rings is 1. The molecule has 21 heavy (non-hydrogen) atoms. The lowest BCUT2D eigenvalue weighted by Gasteiger charge is -2.31. The molecule has 116 valence electrons. The van der Waals surface area contributed by atoms with Crippen LogP contribution in [0.1, 0.15) is 25.5 Å². The van der Waals surface area contributed by atoms with Gasteiger partial charge in [0.25, 0.3) is 0 Å². The third kappa shape index (κ3) is 2.80. The van der Waals surface area contributed by atoms with E-state index in [0.717, 1.165) is 31.0 Å². The quantitative estimate of drug-likeness (QED) is 0.938. The Hall–Kier alpha value is -1.11. The van der Waals surface area contributed by atoms with Gasteiger partial charge in [-0.3, -0.25) is 4.40 Å². The van der Waals surface area contributed by atoms with Crippen molar-refractivity contribution >= 4 is 22.1 Å². The second-order valence-corrected chi connectivity index (χ2v) is 6.71. The van der Waals surface area contributed by atoms with Crippen LogP contribution in [0, 0.1) is 0 Å². The smallest absolute Gasteiger partial charge is 0.195 e. The first-order valence-corrected chi connectivity index (χ1v) is 8.66. The number of fused-ring (bicyclic) bond motifs is 1. The highest BCUT2D eigenvalue weighted by molar-refractivity contribution is 7.15. The molecular weight excluding hydrogens is 282 g/mol. The number of hydrogen-bond donors (Lipinski definition) is 1. The van der Waals surface area contributed by atoms with Gasteiger partial charge in [0.15, 0.2) is 10.8 Å². The van der Waals surface area contributed by atoms with Crippen LogP contribution in [0.2, 0.25) is 0 Å². The highest BCUT2D eigenvalue weighted by Gasteiger charge is 2.27. The van der Waals surface area contributed by atoms with Crippen molar-refractivity contribution < 1.29 is 0 Å². The number of nitrogens with zero attached hydrogens (tertiary/aromatic N) is 4. The Labute approximate surface area is 130 Å². The third-order valence-corrected chi connectivity index (χ3v) is 5.09. The molecular formula is C15H25N5S. The zero-order valence-electron chi connectivity index (χ0n) is 13.2. The molecule has 2 aromatic rings. The predicted molar refractivity (Wildman–Crippen MR) is 89.4 cm³/mol. The maximum atomic E-state index is 4.93. The molecule has 0 amide bonds. The van der Waals surface area contributed by atoms with E-state index < -0.39 is 0 Å². The highest BCUT2D eigenvalue weighted by atomic mass is 32.1. The predicted octanol–water partition coefficient (Wildman–Crippen LogP) is 2.04. The van der Waals surface area contributed by atoms with Gasteiger partial charge in [0, 0.05) is 37.3 Å². The van der Waals surface area contributed by atoms with Crippen LogP contribution < -0.4 is 10.2 Å². The summed E-state index contributed by atoms with van der Waals surface area (Å²) in [4.78, 5) is 11.0. The summed E-state index contributed by atoms with van der Waals surface area (Å²) < 4.78 is 2.23. The first-order valence-electron chi connectivity index (χ1n) is 7.78. The van der Waals surface area contributed by atoms with Gasteiger partial charge in [-0.1, -0.05) is 6.92 Å². The van der Waals surface area contributed by atoms with E-state index in [-0.39, 0.29) is 0 Å². The van der Waals surface area contributed by atoms with Gasteiger partial charge in [0.1, 0.15) is 0 Å². The standard InChI is InChI=1S/C15H25N5S/c1-4-12-11-18(3)6-5-7-19(12)14-13(10-16-2)20-8-9-21-15(20)17-14/h8-9,12,16H,4-7,10-11H2,1-3H3. The lowest BCUT2D eigenvalue weighted by Crippen LogP contribution is -2.40. The molecule has 1 atom stereocenters. The average Bonchev–Trinajstić information content (AvgIpc) is 2.99. The van der Waals surface area contributed by atoms with Crippen molar-refractivity contribution in [3.05, 3.63) is 17.3 Å². The molecule has 0 aliphatic carbocycles. The average molecular weight is 307 g/mol. The maximum Gasteiger partial charge on any atom is 0.195 e. The highest BCUT2D eigenvalue weighted by Crippen LogP contribution is 2.28. The monoisotopic (exact) mass is 307 g/mol. The number of likely N-dealkylation sites (N-methyl/N-ethyl adjacent to an activating group) is 1. The van der Waals surface area contributed by atoms with E-state index in [1.165, 1.54) is 24.5 Å². The SMILES string of the molecule is CCC1CN(C)CCCN1c1nc2sccn2c1CNC. The summed E-state index contributed by atoms with van der Waals surface area (Å²) in [5, 5.41) is 5.41. The molecule has 3 heterocycles. The second kappa shape index (κ2) is 6.34. The van der Waals surface area contributed by atoms with Crippen LogP contribution in [0.5, 0.6) is 0 Å². The molecule has 1 saturated heterocycles. The number of imidazole rings is 1. The fraction of sp³-hybridized carbons (Fsp3) is 0.667. The van der Waals surface area contributed by atoms with Gasteiger partial charge in [0.2, 0.25) is 0 Å². The molecule has 2 aromatic heterocycles. The fourth-order valence-electron chi connectivity index (χ4n) is 3.25. The first kappa shape index (κ1) is 14.8. The lowest BCUT2D eigenvalue weighted by atomic mass is 10.1. The summed E-state index contributed by atoms with van der Waals surface area (Å²) in [6.45, 7) is 6.55. The van der Waals surface area contributed by atoms with Crippen LogP contribution in [0.4, 0.5) is 5.82 Å². The van der Waals surface area contributed by atoms with E-state index in [9.17, 15) is 0 Å². The Kier molecular flexibility index (Phi) is 4.47. The first-order chi connectivity index (χ1) is 10.2. The van der Waals surface area contributed by atoms with Gasteiger partial charge in [0.05, 0.1) is 5.69 Å². The number of nitrogens with one attached hydrogen (secondary N) is 1. The number of hydrogen-bond acceptors (Lipinski definition) is 5. The molecule has 0 bridgehead atoms. The summed E-state index contributed by atoms with van der Waals surface area (Å²) in [5.74, 6) is 1.18. The Morgan fingerprint density at radius 3 is 3.05 bits per heavy atom. The lowest BCUT2D eigenvalue weighted by molar-refractivity contribution is 0.327. The van der Waals surface area contributed by atoms with Crippen molar-refractivity contribution in [3.8, 4) is 0 Å². The Balaban J connectivity index is 2.00. The Morgan fingerprint density at radius 1 is 1.43 bits per heavy atom. The summed E-state index contributed by atoms with van der Waals surface area (Å²) in [6.07, 6.45) is 4.50. The fourth-order valence-corrected chi connectivity index (χ4v) is 3.98. The zero-order valence-corrected chi connectivity index (χ0v) is 14.0. The largest absolute Gasteiger partial charge is 0.351 e. The molecule has 6 heteroatoms. The third-order valence-electron chi connectivity index (χ3n) is 4.33. The Morgan fingerprint density at radius 2 is 2.29 bits per heavy atom. The van der Waals surface area contributed by atoms with Crippen LogP contribution in [0.15, 0.2) is 11.6 Å². The van der Waals surface area contributed by atoms with Gasteiger partial charge in [-0.2, -0.15) is 0 Å². The molecule has 1 N–H and O–H groups in total. The molecule has 1 aliphatic heterocycles. The Bertz CT molecular complexity index is 590. The van der Waals surface area contributed by atoms with Gasteiger partial charge in [-0.25, -0.2) is 4.98 Å². The number of rotatable bonds is 4. The van der Waals surface area contributed by atoms with Crippen molar-refractivity contribution in [2.24, 2.45) is 0 Å². The van der Waals surface area contributed by atoms with Crippen LogP contribution in [-0.2, 0) is 6.54 Å². The van der Waals surface area contributed by atoms with Crippen LogP contribution in [0.25, 0.3) is 4.96 Å². The molecule has 0 saturated carbocycles. The molecule has 0 spiro atoms. The van der Waals surface area contributed by atoms with Crippen LogP contribution in [0.3, 0.4) is 0 Å². The zero-order chi connectivity index (χ0) is 14.8. The molecule has 1 fully saturated rings. The normalized spacial score (nSPS) is 21.1. The minimum Gasteiger partial charge on any atom is -0.351 e. The van der Waals surface area contributed by atoms with Crippen molar-refractivity contribution in [1.82, 2.24) is 19.6 Å². The maximum absolute atomic E-state index is 4.93. The van der Waals surface area contributed by atoms with Crippen LogP contribution >= 0.6 is 11.3 Å². The second-order valence-electron chi connectivity index (χ2n) is 5.84. The summed E-state index contributed by atoms with van der Waals surface area (Å²) in [7, 11) is 4.23. The van der Waals surface area contributed by atoms with E-state index in [2.05, 4.69) is 45.1 Å². The molecule has 0 radical (unpaired) electrons. The molecule has 1 aliphatic rings.